The van der Waals surface area contributed by atoms with E-state index in [1.807, 2.05) is 0 Å². The van der Waals surface area contributed by atoms with Gasteiger partial charge in [0.25, 0.3) is 5.91 Å². The smallest absolute Gasteiger partial charge is 0.270 e. The van der Waals surface area contributed by atoms with E-state index in [1.54, 1.807) is 18.2 Å². The predicted octanol–water partition coefficient (Wildman–Crippen LogP) is 2.33. The molecule has 2 aromatic rings. The molecule has 0 aliphatic carbocycles. The maximum atomic E-state index is 13.3. The summed E-state index contributed by atoms with van der Waals surface area (Å²) in [6, 6.07) is 10.3. The van der Waals surface area contributed by atoms with Gasteiger partial charge in [-0.3, -0.25) is 4.79 Å². The molecule has 0 spiro atoms. The molecular formula is C14H12F2N2O. The zero-order valence-electron chi connectivity index (χ0n) is 10.1. The standard InChI is InChI=1S/C14H12F2N2O/c15-11-5-2-1-4-10(11)8-9-17-14(19)12-6-3-7-13(16)18-12/h1-7H,8-9H2,(H,17,19). The Hall–Kier alpha value is -2.30. The van der Waals surface area contributed by atoms with Crippen LogP contribution in [0.2, 0.25) is 0 Å². The minimum Gasteiger partial charge on any atom is -0.350 e. The van der Waals surface area contributed by atoms with Gasteiger partial charge < -0.3 is 5.32 Å². The van der Waals surface area contributed by atoms with E-state index in [0.717, 1.165) is 6.07 Å². The Morgan fingerprint density at radius 1 is 1.11 bits per heavy atom. The number of pyridine rings is 1. The van der Waals surface area contributed by atoms with E-state index in [4.69, 9.17) is 0 Å². The molecule has 0 radical (unpaired) electrons. The van der Waals surface area contributed by atoms with Crippen LogP contribution in [0, 0.1) is 11.8 Å². The number of carbonyl (C=O) groups excluding carboxylic acids is 1. The lowest BCUT2D eigenvalue weighted by Gasteiger charge is -2.05. The lowest BCUT2D eigenvalue weighted by atomic mass is 10.1. The van der Waals surface area contributed by atoms with Crippen LogP contribution in [0.25, 0.3) is 0 Å². The summed E-state index contributed by atoms with van der Waals surface area (Å²) in [5, 5.41) is 2.57. The molecule has 0 saturated carbocycles. The molecular weight excluding hydrogens is 250 g/mol. The fourth-order valence-electron chi connectivity index (χ4n) is 1.64. The van der Waals surface area contributed by atoms with E-state index in [2.05, 4.69) is 10.3 Å². The highest BCUT2D eigenvalue weighted by atomic mass is 19.1. The molecule has 1 heterocycles. The van der Waals surface area contributed by atoms with Crippen molar-refractivity contribution in [3.8, 4) is 0 Å². The van der Waals surface area contributed by atoms with Crippen LogP contribution in [0.4, 0.5) is 8.78 Å². The third-order valence-electron chi connectivity index (χ3n) is 2.59. The van der Waals surface area contributed by atoms with Gasteiger partial charge in [-0.2, -0.15) is 4.39 Å². The van der Waals surface area contributed by atoms with Crippen LogP contribution in [0.5, 0.6) is 0 Å². The van der Waals surface area contributed by atoms with Gasteiger partial charge in [-0.25, -0.2) is 9.37 Å². The molecule has 0 bridgehead atoms. The van der Waals surface area contributed by atoms with E-state index in [1.165, 1.54) is 18.2 Å². The molecule has 2 rings (SSSR count). The maximum Gasteiger partial charge on any atom is 0.270 e. The van der Waals surface area contributed by atoms with Crippen LogP contribution in [-0.2, 0) is 6.42 Å². The van der Waals surface area contributed by atoms with Gasteiger partial charge in [-0.15, -0.1) is 0 Å². The van der Waals surface area contributed by atoms with Gasteiger partial charge in [0.05, 0.1) is 0 Å². The maximum absolute atomic E-state index is 13.3. The Balaban J connectivity index is 1.90. The van der Waals surface area contributed by atoms with E-state index in [0.29, 0.717) is 12.0 Å². The highest BCUT2D eigenvalue weighted by Gasteiger charge is 2.08. The molecule has 0 saturated heterocycles. The second-order valence-electron chi connectivity index (χ2n) is 3.94. The van der Waals surface area contributed by atoms with Gasteiger partial charge in [-0.05, 0) is 30.2 Å². The van der Waals surface area contributed by atoms with Crippen LogP contribution in [0.1, 0.15) is 16.1 Å². The Labute approximate surface area is 109 Å². The molecule has 0 aliphatic heterocycles. The van der Waals surface area contributed by atoms with Crippen LogP contribution < -0.4 is 5.32 Å². The topological polar surface area (TPSA) is 42.0 Å². The quantitative estimate of drug-likeness (QED) is 0.859. The molecule has 98 valence electrons. The van der Waals surface area contributed by atoms with Crippen molar-refractivity contribution in [2.24, 2.45) is 0 Å². The zero-order valence-corrected chi connectivity index (χ0v) is 10.1. The summed E-state index contributed by atoms with van der Waals surface area (Å²) in [6.45, 7) is 0.262. The van der Waals surface area contributed by atoms with Gasteiger partial charge in [0, 0.05) is 6.54 Å². The lowest BCUT2D eigenvalue weighted by molar-refractivity contribution is 0.0948. The Bertz CT molecular complexity index is 587. The lowest BCUT2D eigenvalue weighted by Crippen LogP contribution is -2.26. The molecule has 3 nitrogen and oxygen atoms in total. The highest BCUT2D eigenvalue weighted by Crippen LogP contribution is 2.06. The molecule has 5 heteroatoms. The first kappa shape index (κ1) is 13.1. The Kier molecular flexibility index (Phi) is 4.18. The first-order valence-electron chi connectivity index (χ1n) is 5.81. The van der Waals surface area contributed by atoms with Crippen molar-refractivity contribution in [3.63, 3.8) is 0 Å². The molecule has 1 amide bonds. The van der Waals surface area contributed by atoms with Crippen molar-refractivity contribution >= 4 is 5.91 Å². The molecule has 0 atom stereocenters. The van der Waals surface area contributed by atoms with E-state index >= 15 is 0 Å². The summed E-state index contributed by atoms with van der Waals surface area (Å²) < 4.78 is 26.1. The number of benzene rings is 1. The number of carbonyl (C=O) groups is 1. The first-order chi connectivity index (χ1) is 9.16. The summed E-state index contributed by atoms with van der Waals surface area (Å²) in [6.07, 6.45) is 0.369. The molecule has 1 N–H and O–H groups in total. The molecule has 0 fully saturated rings. The SMILES string of the molecule is O=C(NCCc1ccccc1F)c1cccc(F)n1. The Morgan fingerprint density at radius 2 is 1.89 bits per heavy atom. The number of nitrogens with one attached hydrogen (secondary N) is 1. The highest BCUT2D eigenvalue weighted by molar-refractivity contribution is 5.92. The summed E-state index contributed by atoms with van der Waals surface area (Å²) in [4.78, 5) is 15.1. The monoisotopic (exact) mass is 262 g/mol. The van der Waals surface area contributed by atoms with Crippen molar-refractivity contribution < 1.29 is 13.6 Å². The summed E-state index contributed by atoms with van der Waals surface area (Å²) in [7, 11) is 0. The fourth-order valence-corrected chi connectivity index (χ4v) is 1.64. The van der Waals surface area contributed by atoms with E-state index < -0.39 is 11.9 Å². The van der Waals surface area contributed by atoms with Crippen molar-refractivity contribution in [1.82, 2.24) is 10.3 Å². The van der Waals surface area contributed by atoms with E-state index in [9.17, 15) is 13.6 Å². The number of hydrogen-bond acceptors (Lipinski definition) is 2. The van der Waals surface area contributed by atoms with Crippen LogP contribution in [-0.4, -0.2) is 17.4 Å². The van der Waals surface area contributed by atoms with Gasteiger partial charge in [0.2, 0.25) is 5.95 Å². The number of halogens is 2. The average molecular weight is 262 g/mol. The van der Waals surface area contributed by atoms with Gasteiger partial charge >= 0.3 is 0 Å². The normalized spacial score (nSPS) is 10.2. The van der Waals surface area contributed by atoms with Gasteiger partial charge in [-0.1, -0.05) is 24.3 Å². The minimum atomic E-state index is -0.707. The molecule has 0 unspecified atom stereocenters. The number of hydrogen-bond donors (Lipinski definition) is 1. The summed E-state index contributed by atoms with van der Waals surface area (Å²) >= 11 is 0. The van der Waals surface area contributed by atoms with Gasteiger partial charge in [0.1, 0.15) is 11.5 Å². The molecule has 19 heavy (non-hydrogen) atoms. The molecule has 1 aromatic carbocycles. The summed E-state index contributed by atoms with van der Waals surface area (Å²) in [5.74, 6) is -1.49. The van der Waals surface area contributed by atoms with Crippen LogP contribution in [0.3, 0.4) is 0 Å². The first-order valence-corrected chi connectivity index (χ1v) is 5.81. The zero-order chi connectivity index (χ0) is 13.7. The third-order valence-corrected chi connectivity index (χ3v) is 2.59. The number of nitrogens with zero attached hydrogens (tertiary/aromatic N) is 1. The number of rotatable bonds is 4. The Morgan fingerprint density at radius 3 is 2.63 bits per heavy atom. The average Bonchev–Trinajstić information content (AvgIpc) is 2.41. The van der Waals surface area contributed by atoms with Crippen LogP contribution >= 0.6 is 0 Å². The summed E-state index contributed by atoms with van der Waals surface area (Å²) in [5.41, 5.74) is 0.531. The third kappa shape index (κ3) is 3.58. The minimum absolute atomic E-state index is 0.00790. The van der Waals surface area contributed by atoms with Crippen molar-refractivity contribution in [3.05, 3.63) is 65.5 Å². The van der Waals surface area contributed by atoms with Gasteiger partial charge in [0.15, 0.2) is 0 Å². The molecule has 1 aromatic heterocycles. The largest absolute Gasteiger partial charge is 0.350 e. The molecule has 0 aliphatic rings. The van der Waals surface area contributed by atoms with Crippen molar-refractivity contribution in [1.29, 1.82) is 0 Å². The second-order valence-corrected chi connectivity index (χ2v) is 3.94. The fraction of sp³-hybridized carbons (Fsp3) is 0.143. The number of aromatic nitrogens is 1. The number of amides is 1. The van der Waals surface area contributed by atoms with E-state index in [-0.39, 0.29) is 18.1 Å². The van der Waals surface area contributed by atoms with Crippen molar-refractivity contribution in [2.45, 2.75) is 6.42 Å². The van der Waals surface area contributed by atoms with Crippen molar-refractivity contribution in [2.75, 3.05) is 6.54 Å². The van der Waals surface area contributed by atoms with Crippen LogP contribution in [0.15, 0.2) is 42.5 Å². The predicted molar refractivity (Wildman–Crippen MR) is 66.6 cm³/mol. The second kappa shape index (κ2) is 6.04.